The average molecular weight is 449 g/mol. The van der Waals surface area contributed by atoms with Crippen LogP contribution in [0, 0.1) is 40.4 Å². The van der Waals surface area contributed by atoms with Crippen molar-refractivity contribution in [1.82, 2.24) is 0 Å². The van der Waals surface area contributed by atoms with Gasteiger partial charge in [-0.25, -0.2) is 0 Å². The molecule has 0 aromatic heterocycles. The van der Waals surface area contributed by atoms with Gasteiger partial charge in [0.2, 0.25) is 0 Å². The summed E-state index contributed by atoms with van der Waals surface area (Å²) in [7, 11) is 0. The number of hydrogen-bond donors (Lipinski definition) is 2. The van der Waals surface area contributed by atoms with Gasteiger partial charge in [0, 0.05) is 5.41 Å². The molecule has 1 heterocycles. The maximum absolute atomic E-state index is 12.9. The quantitative estimate of drug-likeness (QED) is 0.627. The van der Waals surface area contributed by atoms with Crippen LogP contribution in [0.1, 0.15) is 84.5 Å². The molecule has 180 valence electrons. The number of carbonyl (C=O) groups is 2. The first-order chi connectivity index (χ1) is 15.2. The van der Waals surface area contributed by atoms with Gasteiger partial charge in [0.05, 0.1) is 30.7 Å². The first kappa shape index (κ1) is 22.6. The number of rotatable bonds is 2. The summed E-state index contributed by atoms with van der Waals surface area (Å²) in [5, 5.41) is 20.7. The van der Waals surface area contributed by atoms with Crippen molar-refractivity contribution in [2.24, 2.45) is 40.4 Å². The molecule has 4 aliphatic carbocycles. The summed E-state index contributed by atoms with van der Waals surface area (Å²) < 4.78 is 12.0. The number of esters is 2. The minimum absolute atomic E-state index is 0.00223. The molecule has 0 unspecified atom stereocenters. The van der Waals surface area contributed by atoms with Gasteiger partial charge in [-0.1, -0.05) is 33.1 Å². The molecule has 0 aromatic rings. The van der Waals surface area contributed by atoms with E-state index in [2.05, 4.69) is 13.8 Å². The fourth-order valence-corrected chi connectivity index (χ4v) is 8.51. The van der Waals surface area contributed by atoms with Crippen LogP contribution in [0.25, 0.3) is 0 Å². The van der Waals surface area contributed by atoms with Crippen molar-refractivity contribution >= 4 is 11.9 Å². The van der Waals surface area contributed by atoms with Gasteiger partial charge < -0.3 is 19.7 Å². The average Bonchev–Trinajstić information content (AvgIpc) is 3.06. The van der Waals surface area contributed by atoms with E-state index in [0.717, 1.165) is 51.4 Å². The first-order valence-corrected chi connectivity index (χ1v) is 13.0. The summed E-state index contributed by atoms with van der Waals surface area (Å²) in [6.07, 6.45) is 8.21. The van der Waals surface area contributed by atoms with E-state index in [0.29, 0.717) is 18.9 Å². The summed E-state index contributed by atoms with van der Waals surface area (Å²) in [6, 6.07) is 0. The van der Waals surface area contributed by atoms with E-state index in [1.54, 1.807) is 0 Å². The Kier molecular flexibility index (Phi) is 5.85. The molecule has 1 aliphatic heterocycles. The summed E-state index contributed by atoms with van der Waals surface area (Å²) >= 11 is 0. The molecule has 4 saturated carbocycles. The fourth-order valence-electron chi connectivity index (χ4n) is 8.51. The van der Waals surface area contributed by atoms with Crippen molar-refractivity contribution in [3.05, 3.63) is 0 Å². The molecule has 5 aliphatic rings. The molecule has 6 heteroatoms. The van der Waals surface area contributed by atoms with Crippen molar-refractivity contribution in [3.63, 3.8) is 0 Å². The predicted molar refractivity (Wildman–Crippen MR) is 117 cm³/mol. The third-order valence-electron chi connectivity index (χ3n) is 10.5. The van der Waals surface area contributed by atoms with Crippen molar-refractivity contribution in [2.75, 3.05) is 6.61 Å². The Morgan fingerprint density at radius 2 is 1.69 bits per heavy atom. The minimum Gasteiger partial charge on any atom is -0.465 e. The lowest BCUT2D eigenvalue weighted by atomic mass is 9.49. The van der Waals surface area contributed by atoms with Crippen LogP contribution in [0.15, 0.2) is 0 Å². The largest absolute Gasteiger partial charge is 0.465 e. The molecule has 5 rings (SSSR count). The van der Waals surface area contributed by atoms with Gasteiger partial charge in [0.1, 0.15) is 6.10 Å². The van der Waals surface area contributed by atoms with Crippen LogP contribution < -0.4 is 0 Å². The third-order valence-corrected chi connectivity index (χ3v) is 10.5. The topological polar surface area (TPSA) is 93.1 Å². The van der Waals surface area contributed by atoms with Gasteiger partial charge in [0.15, 0.2) is 0 Å². The molecule has 1 saturated heterocycles. The maximum Gasteiger partial charge on any atom is 0.309 e. The second-order valence-corrected chi connectivity index (χ2v) is 12.0. The van der Waals surface area contributed by atoms with Crippen LogP contribution in [-0.2, 0) is 19.1 Å². The Bertz CT molecular complexity index is 747. The molecule has 0 amide bonds. The Morgan fingerprint density at radius 3 is 2.44 bits per heavy atom. The SMILES string of the molecule is C[C@]12C[C@@H](O)[C@@H](O)C[C@@H]1C(=O)OC[C@@H]1[C@@H]2CC[C@]2(C)[C@@H](OC(=O)C3CCCCC3)CC[C@@H]12. The highest BCUT2D eigenvalue weighted by atomic mass is 16.5. The molecule has 0 aromatic carbocycles. The number of aliphatic hydroxyl groups excluding tert-OH is 2. The summed E-state index contributed by atoms with van der Waals surface area (Å²) in [5.74, 6) is 0.325. The second kappa shape index (κ2) is 8.26. The highest BCUT2D eigenvalue weighted by molar-refractivity contribution is 5.74. The van der Waals surface area contributed by atoms with E-state index >= 15 is 0 Å². The molecule has 9 atom stereocenters. The molecular weight excluding hydrogens is 408 g/mol. The minimum atomic E-state index is -0.860. The number of fused-ring (bicyclic) bond motifs is 5. The molecule has 0 bridgehead atoms. The third kappa shape index (κ3) is 3.51. The Hall–Kier alpha value is -1.14. The van der Waals surface area contributed by atoms with Crippen LogP contribution in [0.5, 0.6) is 0 Å². The van der Waals surface area contributed by atoms with E-state index in [1.807, 2.05) is 0 Å². The van der Waals surface area contributed by atoms with E-state index in [1.165, 1.54) is 6.42 Å². The number of carbonyl (C=O) groups excluding carboxylic acids is 2. The highest BCUT2D eigenvalue weighted by Gasteiger charge is 2.63. The van der Waals surface area contributed by atoms with Crippen LogP contribution >= 0.6 is 0 Å². The van der Waals surface area contributed by atoms with Crippen LogP contribution in [0.4, 0.5) is 0 Å². The predicted octanol–water partition coefficient (Wildman–Crippen LogP) is 3.62. The summed E-state index contributed by atoms with van der Waals surface area (Å²) in [5.41, 5.74) is -0.448. The number of cyclic esters (lactones) is 1. The molecule has 0 spiro atoms. The zero-order valence-electron chi connectivity index (χ0n) is 19.6. The first-order valence-electron chi connectivity index (χ1n) is 13.0. The second-order valence-electron chi connectivity index (χ2n) is 12.0. The lowest BCUT2D eigenvalue weighted by Crippen LogP contribution is -2.55. The Labute approximate surface area is 191 Å². The monoisotopic (exact) mass is 448 g/mol. The Balaban J connectivity index is 1.36. The summed E-state index contributed by atoms with van der Waals surface area (Å²) in [6.45, 7) is 4.83. The fraction of sp³-hybridized carbons (Fsp3) is 0.923. The van der Waals surface area contributed by atoms with Gasteiger partial charge >= 0.3 is 11.9 Å². The normalized spacial score (nSPS) is 49.2. The zero-order valence-corrected chi connectivity index (χ0v) is 19.6. The van der Waals surface area contributed by atoms with E-state index in [9.17, 15) is 19.8 Å². The highest BCUT2D eigenvalue weighted by Crippen LogP contribution is 2.64. The van der Waals surface area contributed by atoms with Gasteiger partial charge in [-0.15, -0.1) is 0 Å². The van der Waals surface area contributed by atoms with Crippen molar-refractivity contribution in [2.45, 2.75) is 103 Å². The van der Waals surface area contributed by atoms with Crippen LogP contribution in [-0.4, -0.2) is 47.1 Å². The number of hydrogen-bond acceptors (Lipinski definition) is 6. The van der Waals surface area contributed by atoms with E-state index < -0.39 is 12.2 Å². The maximum atomic E-state index is 12.9. The van der Waals surface area contributed by atoms with Crippen molar-refractivity contribution in [1.29, 1.82) is 0 Å². The summed E-state index contributed by atoms with van der Waals surface area (Å²) in [4.78, 5) is 25.8. The van der Waals surface area contributed by atoms with E-state index in [4.69, 9.17) is 9.47 Å². The molecular formula is C26H40O6. The van der Waals surface area contributed by atoms with Gasteiger partial charge in [0.25, 0.3) is 0 Å². The number of aliphatic hydroxyl groups is 2. The van der Waals surface area contributed by atoms with Gasteiger partial charge in [-0.05, 0) is 74.5 Å². The molecule has 6 nitrogen and oxygen atoms in total. The molecule has 2 N–H and O–H groups in total. The van der Waals surface area contributed by atoms with Crippen LogP contribution in [0.2, 0.25) is 0 Å². The van der Waals surface area contributed by atoms with E-state index in [-0.39, 0.29) is 59.0 Å². The lowest BCUT2D eigenvalue weighted by Gasteiger charge is -2.55. The lowest BCUT2D eigenvalue weighted by molar-refractivity contribution is -0.168. The molecule has 32 heavy (non-hydrogen) atoms. The van der Waals surface area contributed by atoms with Crippen molar-refractivity contribution in [3.8, 4) is 0 Å². The molecule has 0 radical (unpaired) electrons. The standard InChI is InChI=1S/C26H40O6/c1-25-11-10-18-16(14-31-24(30)19-12-20(27)21(28)13-26(18,19)2)17(25)8-9-22(25)32-23(29)15-6-4-3-5-7-15/h15-22,27-28H,3-14H2,1-2H3/t16-,17-,18-,19+,20-,21+,22-,25-,26+/m0/s1. The smallest absolute Gasteiger partial charge is 0.309 e. The van der Waals surface area contributed by atoms with Crippen molar-refractivity contribution < 1.29 is 29.3 Å². The van der Waals surface area contributed by atoms with Crippen LogP contribution in [0.3, 0.4) is 0 Å². The number of ether oxygens (including phenoxy) is 2. The van der Waals surface area contributed by atoms with Gasteiger partial charge in [-0.3, -0.25) is 9.59 Å². The Morgan fingerprint density at radius 1 is 0.969 bits per heavy atom. The van der Waals surface area contributed by atoms with Gasteiger partial charge in [-0.2, -0.15) is 0 Å². The molecule has 5 fully saturated rings. The zero-order chi connectivity index (χ0) is 22.7.